The molecular formula is C15H14FN7O. The molecule has 0 saturated carbocycles. The largest absolute Gasteiger partial charge is 0.351 e. The molecule has 3 aromatic rings. The summed E-state index contributed by atoms with van der Waals surface area (Å²) in [5, 5.41) is 14.5. The summed E-state index contributed by atoms with van der Waals surface area (Å²) in [5.41, 5.74) is -0.888. The fraction of sp³-hybridized carbons (Fsp3) is 0.267. The average Bonchev–Trinajstić information content (AvgIpc) is 3.22. The highest BCUT2D eigenvalue weighted by molar-refractivity contribution is 5.98. The smallest absolute Gasteiger partial charge is 0.264 e. The predicted molar refractivity (Wildman–Crippen MR) is 84.3 cm³/mol. The number of rotatable bonds is 3. The molecule has 1 amide bonds. The molecule has 0 spiro atoms. The van der Waals surface area contributed by atoms with E-state index in [1.165, 1.54) is 17.0 Å². The van der Waals surface area contributed by atoms with E-state index in [1.807, 2.05) is 0 Å². The van der Waals surface area contributed by atoms with Gasteiger partial charge < -0.3 is 10.2 Å². The minimum Gasteiger partial charge on any atom is -0.351 e. The third kappa shape index (κ3) is 2.53. The van der Waals surface area contributed by atoms with Gasteiger partial charge in [-0.1, -0.05) is 0 Å². The second-order valence-corrected chi connectivity index (χ2v) is 5.66. The van der Waals surface area contributed by atoms with E-state index in [0.29, 0.717) is 23.7 Å². The summed E-state index contributed by atoms with van der Waals surface area (Å²) in [5.74, 6) is -0.0839. The van der Waals surface area contributed by atoms with Crippen LogP contribution in [0.25, 0.3) is 5.65 Å². The van der Waals surface area contributed by atoms with E-state index < -0.39 is 11.6 Å². The van der Waals surface area contributed by atoms with E-state index in [2.05, 4.69) is 25.6 Å². The van der Waals surface area contributed by atoms with Crippen LogP contribution in [0.4, 0.5) is 15.9 Å². The van der Waals surface area contributed by atoms with E-state index in [0.717, 1.165) is 0 Å². The zero-order chi connectivity index (χ0) is 16.6. The number of alkyl halides is 1. The van der Waals surface area contributed by atoms with Crippen LogP contribution in [0.2, 0.25) is 0 Å². The molecule has 1 fully saturated rings. The molecule has 1 saturated heterocycles. The summed E-state index contributed by atoms with van der Waals surface area (Å²) in [6, 6.07) is 6.85. The third-order valence-electron chi connectivity index (χ3n) is 4.02. The molecule has 0 aliphatic carbocycles. The van der Waals surface area contributed by atoms with Gasteiger partial charge >= 0.3 is 0 Å². The number of fused-ring (bicyclic) bond motifs is 1. The van der Waals surface area contributed by atoms with Gasteiger partial charge in [0.15, 0.2) is 5.65 Å². The van der Waals surface area contributed by atoms with Crippen LogP contribution in [0, 0.1) is 0 Å². The predicted octanol–water partition coefficient (Wildman–Crippen LogP) is 1.08. The van der Waals surface area contributed by atoms with Gasteiger partial charge in [0.1, 0.15) is 12.1 Å². The first-order valence-electron chi connectivity index (χ1n) is 7.46. The van der Waals surface area contributed by atoms with Crippen LogP contribution in [0.1, 0.15) is 6.42 Å². The fourth-order valence-corrected chi connectivity index (χ4v) is 2.72. The molecule has 0 bridgehead atoms. The Balaban J connectivity index is 1.51. The van der Waals surface area contributed by atoms with E-state index in [4.69, 9.17) is 0 Å². The lowest BCUT2D eigenvalue weighted by atomic mass is 10.0. The minimum atomic E-state index is -1.97. The molecule has 122 valence electrons. The zero-order valence-electron chi connectivity index (χ0n) is 12.6. The van der Waals surface area contributed by atoms with Crippen molar-refractivity contribution in [3.63, 3.8) is 0 Å². The van der Waals surface area contributed by atoms with Gasteiger partial charge in [0, 0.05) is 19.2 Å². The van der Waals surface area contributed by atoms with Gasteiger partial charge in [-0.05, 0) is 24.3 Å². The molecule has 8 nitrogen and oxygen atoms in total. The Hall–Kier alpha value is -3.10. The molecule has 1 aliphatic heterocycles. The second kappa shape index (κ2) is 5.52. The summed E-state index contributed by atoms with van der Waals surface area (Å²) >= 11 is 0. The first-order chi connectivity index (χ1) is 11.6. The van der Waals surface area contributed by atoms with Crippen LogP contribution in [0.5, 0.6) is 0 Å². The number of hydrogen-bond donors (Lipinski definition) is 1. The van der Waals surface area contributed by atoms with Crippen LogP contribution >= 0.6 is 0 Å². The Kier molecular flexibility index (Phi) is 3.33. The van der Waals surface area contributed by atoms with Crippen LogP contribution in [-0.2, 0) is 4.79 Å². The lowest BCUT2D eigenvalue weighted by Crippen LogP contribution is -2.41. The average molecular weight is 327 g/mol. The van der Waals surface area contributed by atoms with Crippen molar-refractivity contribution in [2.24, 2.45) is 0 Å². The molecule has 24 heavy (non-hydrogen) atoms. The molecule has 9 heteroatoms. The topological polar surface area (TPSA) is 88.3 Å². The molecular weight excluding hydrogens is 313 g/mol. The summed E-state index contributed by atoms with van der Waals surface area (Å²) in [7, 11) is 0. The van der Waals surface area contributed by atoms with Crippen molar-refractivity contribution in [2.45, 2.75) is 12.1 Å². The number of nitrogens with one attached hydrogen (secondary N) is 1. The first kappa shape index (κ1) is 14.5. The Morgan fingerprint density at radius 1 is 1.33 bits per heavy atom. The maximum Gasteiger partial charge on any atom is 0.264 e. The summed E-state index contributed by atoms with van der Waals surface area (Å²) < 4.78 is 16.6. The van der Waals surface area contributed by atoms with Crippen molar-refractivity contribution < 1.29 is 9.18 Å². The lowest BCUT2D eigenvalue weighted by Gasteiger charge is -2.20. The van der Waals surface area contributed by atoms with E-state index in [1.54, 1.807) is 35.4 Å². The molecule has 0 radical (unpaired) electrons. The monoisotopic (exact) mass is 327 g/mol. The van der Waals surface area contributed by atoms with Crippen LogP contribution in [0.15, 0.2) is 43.0 Å². The number of carbonyl (C=O) groups excluding carboxylic acids is 1. The van der Waals surface area contributed by atoms with E-state index in [-0.39, 0.29) is 13.0 Å². The summed E-state index contributed by atoms with van der Waals surface area (Å²) in [4.78, 5) is 17.9. The SMILES string of the molecule is O=C(Nc1cccnc1)C1(F)CCN(c2ccc3nncn3n2)C1. The molecule has 4 heterocycles. The van der Waals surface area contributed by atoms with Crippen molar-refractivity contribution in [3.8, 4) is 0 Å². The highest BCUT2D eigenvalue weighted by atomic mass is 19.1. The number of hydrogen-bond acceptors (Lipinski definition) is 6. The first-order valence-corrected chi connectivity index (χ1v) is 7.46. The minimum absolute atomic E-state index is 0.0558. The quantitative estimate of drug-likeness (QED) is 0.774. The van der Waals surface area contributed by atoms with Gasteiger partial charge in [-0.2, -0.15) is 4.52 Å². The number of anilines is 2. The number of aromatic nitrogens is 5. The highest BCUT2D eigenvalue weighted by Crippen LogP contribution is 2.30. The standard InChI is InChI=1S/C15H14FN7O/c16-15(14(24)19-11-2-1-6-17-8-11)5-7-22(9-15)13-4-3-12-20-18-10-23(12)21-13/h1-4,6,8,10H,5,7,9H2,(H,19,24). The van der Waals surface area contributed by atoms with Crippen molar-refractivity contribution in [1.82, 2.24) is 24.8 Å². The van der Waals surface area contributed by atoms with E-state index >= 15 is 4.39 Å². The normalized spacial score (nSPS) is 20.5. The van der Waals surface area contributed by atoms with Crippen molar-refractivity contribution in [3.05, 3.63) is 43.0 Å². The third-order valence-corrected chi connectivity index (χ3v) is 4.02. The number of pyridine rings is 1. The molecule has 1 unspecified atom stereocenters. The van der Waals surface area contributed by atoms with Crippen LogP contribution in [-0.4, -0.2) is 49.5 Å². The van der Waals surface area contributed by atoms with Crippen LogP contribution < -0.4 is 10.2 Å². The van der Waals surface area contributed by atoms with Gasteiger partial charge in [-0.3, -0.25) is 9.78 Å². The number of carbonyl (C=O) groups is 1. The number of amides is 1. The molecule has 1 atom stereocenters. The number of nitrogens with zero attached hydrogens (tertiary/aromatic N) is 6. The Morgan fingerprint density at radius 2 is 2.25 bits per heavy atom. The molecule has 0 aromatic carbocycles. The molecule has 3 aromatic heterocycles. The van der Waals surface area contributed by atoms with Gasteiger partial charge in [-0.25, -0.2) is 4.39 Å². The van der Waals surface area contributed by atoms with Gasteiger partial charge in [-0.15, -0.1) is 15.3 Å². The van der Waals surface area contributed by atoms with Gasteiger partial charge in [0.25, 0.3) is 5.91 Å². The Bertz CT molecular complexity index is 884. The number of halogens is 1. The summed E-state index contributed by atoms with van der Waals surface area (Å²) in [6.07, 6.45) is 4.65. The molecule has 1 N–H and O–H groups in total. The fourth-order valence-electron chi connectivity index (χ4n) is 2.72. The zero-order valence-corrected chi connectivity index (χ0v) is 12.6. The highest BCUT2D eigenvalue weighted by Gasteiger charge is 2.45. The van der Waals surface area contributed by atoms with Crippen molar-refractivity contribution in [1.29, 1.82) is 0 Å². The maximum absolute atomic E-state index is 15.0. The van der Waals surface area contributed by atoms with Gasteiger partial charge in [0.2, 0.25) is 5.67 Å². The van der Waals surface area contributed by atoms with E-state index in [9.17, 15) is 4.79 Å². The van der Waals surface area contributed by atoms with Crippen molar-refractivity contribution >= 4 is 23.1 Å². The molecule has 4 rings (SSSR count). The second-order valence-electron chi connectivity index (χ2n) is 5.66. The molecule has 1 aliphatic rings. The Labute approximate surface area is 136 Å². The maximum atomic E-state index is 15.0. The van der Waals surface area contributed by atoms with Crippen molar-refractivity contribution in [2.75, 3.05) is 23.3 Å². The summed E-state index contributed by atoms with van der Waals surface area (Å²) in [6.45, 7) is 0.345. The van der Waals surface area contributed by atoms with Gasteiger partial charge in [0.05, 0.1) is 18.4 Å². The lowest BCUT2D eigenvalue weighted by molar-refractivity contribution is -0.126. The van der Waals surface area contributed by atoms with Crippen LogP contribution in [0.3, 0.4) is 0 Å². The Morgan fingerprint density at radius 3 is 3.08 bits per heavy atom.